The second kappa shape index (κ2) is 41.7. The van der Waals surface area contributed by atoms with E-state index in [9.17, 15) is 19.5 Å². The molecule has 338 valence electrons. The molecule has 0 amide bonds. The zero-order valence-electron chi connectivity index (χ0n) is 38.3. The first kappa shape index (κ1) is 56.0. The largest absolute Gasteiger partial charge is 0.544 e. The van der Waals surface area contributed by atoms with E-state index >= 15 is 0 Å². The molecule has 8 heteroatoms. The highest BCUT2D eigenvalue weighted by molar-refractivity contribution is 5.70. The number of hydrogen-bond acceptors (Lipinski definition) is 7. The summed E-state index contributed by atoms with van der Waals surface area (Å²) in [5.41, 5.74) is 0. The molecule has 0 aromatic heterocycles. The number of likely N-dealkylation sites (N-methyl/N-ethyl adjacent to an activating group) is 1. The van der Waals surface area contributed by atoms with Crippen LogP contribution in [0.1, 0.15) is 149 Å². The third kappa shape index (κ3) is 39.5. The number of rotatable bonds is 39. The van der Waals surface area contributed by atoms with Crippen LogP contribution in [0.25, 0.3) is 0 Å². The second-order valence-electron chi connectivity index (χ2n) is 16.1. The highest BCUT2D eigenvalue weighted by atomic mass is 16.6. The summed E-state index contributed by atoms with van der Waals surface area (Å²) in [5, 5.41) is 11.6. The Kier molecular flexibility index (Phi) is 38.9. The van der Waals surface area contributed by atoms with E-state index < -0.39 is 18.1 Å². The van der Waals surface area contributed by atoms with Gasteiger partial charge in [-0.15, -0.1) is 0 Å². The number of carbonyl (C=O) groups is 3. The van der Waals surface area contributed by atoms with Gasteiger partial charge in [-0.3, -0.25) is 9.59 Å². The van der Waals surface area contributed by atoms with Crippen LogP contribution in [0.5, 0.6) is 0 Å². The maximum atomic E-state index is 12.7. The predicted molar refractivity (Wildman–Crippen MR) is 249 cm³/mol. The normalized spacial score (nSPS) is 13.9. The van der Waals surface area contributed by atoms with Crippen LogP contribution < -0.4 is 5.11 Å². The molecule has 0 aliphatic rings. The summed E-state index contributed by atoms with van der Waals surface area (Å²) in [6, 6.07) is -0.742. The van der Waals surface area contributed by atoms with Crippen LogP contribution in [0.4, 0.5) is 0 Å². The average molecular weight is 834 g/mol. The van der Waals surface area contributed by atoms with E-state index in [1.165, 1.54) is 25.7 Å². The number of esters is 2. The molecule has 2 unspecified atom stereocenters. The van der Waals surface area contributed by atoms with Crippen LogP contribution in [0.15, 0.2) is 109 Å². The molecular weight excluding hydrogens is 751 g/mol. The van der Waals surface area contributed by atoms with Gasteiger partial charge in [0.25, 0.3) is 0 Å². The lowest BCUT2D eigenvalue weighted by molar-refractivity contribution is -0.889. The van der Waals surface area contributed by atoms with Crippen molar-refractivity contribution in [2.45, 2.75) is 161 Å². The van der Waals surface area contributed by atoms with Gasteiger partial charge in [-0.2, -0.15) is 0 Å². The van der Waals surface area contributed by atoms with Gasteiger partial charge in [-0.25, -0.2) is 0 Å². The lowest BCUT2D eigenvalue weighted by Gasteiger charge is -2.34. The monoisotopic (exact) mass is 834 g/mol. The number of allylic oxidation sites excluding steroid dienone is 18. The number of aliphatic carboxylic acids is 1. The van der Waals surface area contributed by atoms with Crippen molar-refractivity contribution >= 4 is 17.9 Å². The third-order valence-corrected chi connectivity index (χ3v) is 9.59. The Bertz CT molecular complexity index is 1340. The molecule has 0 aromatic rings. The van der Waals surface area contributed by atoms with Crippen LogP contribution in [0.2, 0.25) is 0 Å². The summed E-state index contributed by atoms with van der Waals surface area (Å²) < 4.78 is 17.1. The van der Waals surface area contributed by atoms with Gasteiger partial charge in [0, 0.05) is 19.3 Å². The van der Waals surface area contributed by atoms with Crippen LogP contribution >= 0.6 is 0 Å². The average Bonchev–Trinajstić information content (AvgIpc) is 3.21. The zero-order valence-corrected chi connectivity index (χ0v) is 38.3. The molecule has 0 bridgehead atoms. The number of unbranched alkanes of at least 4 members (excludes halogenated alkanes) is 14. The van der Waals surface area contributed by atoms with Crippen molar-refractivity contribution in [3.8, 4) is 0 Å². The molecule has 0 fully saturated rings. The fourth-order valence-corrected chi connectivity index (χ4v) is 5.99. The standard InChI is InChI=1S/C52H83NO7/c1-6-8-10-12-14-16-18-20-22-24-26-28-30-32-34-36-38-40-42-50(54)59-47-48(46-58-45-44-49(52(56)57)53(3,4)5)60-51(55)43-41-39-37-35-33-31-29-27-25-23-21-19-17-15-13-11-9-7-2/h11,13-29,48-49H,6-10,12,30-47H2,1-5H3/b13-11+,16-14+,17-15+,20-18+,21-19+,24-22+,25-23+,28-26+,29-27+. The molecule has 0 aromatic carbocycles. The minimum Gasteiger partial charge on any atom is -0.544 e. The molecule has 0 saturated heterocycles. The quantitative estimate of drug-likeness (QED) is 0.0263. The molecule has 0 N–H and O–H groups in total. The van der Waals surface area contributed by atoms with Gasteiger partial charge in [-0.1, -0.05) is 181 Å². The lowest BCUT2D eigenvalue weighted by Crippen LogP contribution is -2.55. The summed E-state index contributed by atoms with van der Waals surface area (Å²) in [4.78, 5) is 36.9. The molecule has 0 aliphatic carbocycles. The summed E-state index contributed by atoms with van der Waals surface area (Å²) in [5.74, 6) is -1.82. The molecule has 0 radical (unpaired) electrons. The van der Waals surface area contributed by atoms with Crippen molar-refractivity contribution in [3.05, 3.63) is 109 Å². The van der Waals surface area contributed by atoms with E-state index in [0.717, 1.165) is 89.9 Å². The van der Waals surface area contributed by atoms with Crippen molar-refractivity contribution < 1.29 is 38.2 Å². The van der Waals surface area contributed by atoms with Gasteiger partial charge in [0.1, 0.15) is 12.6 Å². The van der Waals surface area contributed by atoms with Crippen molar-refractivity contribution in [3.63, 3.8) is 0 Å². The van der Waals surface area contributed by atoms with E-state index in [1.54, 1.807) is 21.1 Å². The topological polar surface area (TPSA) is 102 Å². The number of nitrogens with zero attached hydrogens (tertiary/aromatic N) is 1. The Hall–Kier alpha value is -4.01. The highest BCUT2D eigenvalue weighted by Gasteiger charge is 2.25. The van der Waals surface area contributed by atoms with E-state index in [0.29, 0.717) is 6.42 Å². The number of carbonyl (C=O) groups excluding carboxylic acids is 3. The van der Waals surface area contributed by atoms with Crippen LogP contribution in [0.3, 0.4) is 0 Å². The smallest absolute Gasteiger partial charge is 0.306 e. The zero-order chi connectivity index (χ0) is 44.2. The van der Waals surface area contributed by atoms with Gasteiger partial charge in [-0.05, 0) is 57.8 Å². The first-order chi connectivity index (χ1) is 29.1. The summed E-state index contributed by atoms with van der Waals surface area (Å²) in [7, 11) is 5.38. The number of hydrogen-bond donors (Lipinski definition) is 0. The Morgan fingerprint density at radius 3 is 1.37 bits per heavy atom. The SMILES string of the molecule is CCC/C=C/C=C/C=C/C=C/C=C/CCCCCCCC(=O)OC(COCCC(C(=O)[O-])[N+](C)(C)C)COC(=O)CCCCCCC/C=C/C=C/C=C/C=C/CCCCC. The number of carboxylic acid groups (broad SMARTS) is 1. The van der Waals surface area contributed by atoms with Crippen LogP contribution in [-0.4, -0.2) is 75.5 Å². The third-order valence-electron chi connectivity index (χ3n) is 9.59. The summed E-state index contributed by atoms with van der Waals surface area (Å²) in [6.07, 6.45) is 56.7. The Morgan fingerprint density at radius 1 is 0.500 bits per heavy atom. The van der Waals surface area contributed by atoms with E-state index in [1.807, 2.05) is 42.5 Å². The van der Waals surface area contributed by atoms with Gasteiger partial charge >= 0.3 is 11.9 Å². The number of quaternary nitrogens is 1. The second-order valence-corrected chi connectivity index (χ2v) is 16.1. The van der Waals surface area contributed by atoms with Gasteiger partial charge in [0.15, 0.2) is 6.10 Å². The minimum absolute atomic E-state index is 0.0141. The summed E-state index contributed by atoms with van der Waals surface area (Å²) >= 11 is 0. The van der Waals surface area contributed by atoms with Gasteiger partial charge in [0.2, 0.25) is 0 Å². The molecular formula is C52H83NO7. The highest BCUT2D eigenvalue weighted by Crippen LogP contribution is 2.12. The molecule has 0 rings (SSSR count). The Labute approximate surface area is 366 Å². The van der Waals surface area contributed by atoms with Gasteiger partial charge in [0.05, 0.1) is 40.3 Å². The molecule has 0 spiro atoms. The van der Waals surface area contributed by atoms with Gasteiger partial charge < -0.3 is 28.6 Å². The van der Waals surface area contributed by atoms with Crippen molar-refractivity contribution in [2.24, 2.45) is 0 Å². The predicted octanol–water partition coefficient (Wildman–Crippen LogP) is 11.5. The fourth-order valence-electron chi connectivity index (χ4n) is 5.99. The molecule has 8 nitrogen and oxygen atoms in total. The lowest BCUT2D eigenvalue weighted by atomic mass is 10.1. The first-order valence-electron chi connectivity index (χ1n) is 23.0. The van der Waals surface area contributed by atoms with E-state index in [-0.39, 0.29) is 49.1 Å². The van der Waals surface area contributed by atoms with E-state index in [2.05, 4.69) is 80.7 Å². The maximum absolute atomic E-state index is 12.7. The van der Waals surface area contributed by atoms with Crippen molar-refractivity contribution in [1.82, 2.24) is 0 Å². The first-order valence-corrected chi connectivity index (χ1v) is 23.0. The van der Waals surface area contributed by atoms with Crippen LogP contribution in [0, 0.1) is 0 Å². The Balaban J connectivity index is 4.47. The fraction of sp³-hybridized carbons (Fsp3) is 0.596. The Morgan fingerprint density at radius 2 is 0.917 bits per heavy atom. The number of carboxylic acids is 1. The molecule has 60 heavy (non-hydrogen) atoms. The molecule has 2 atom stereocenters. The molecule has 0 saturated carbocycles. The maximum Gasteiger partial charge on any atom is 0.306 e. The van der Waals surface area contributed by atoms with Crippen molar-refractivity contribution in [2.75, 3.05) is 41.0 Å². The summed E-state index contributed by atoms with van der Waals surface area (Å²) in [6.45, 7) is 4.46. The van der Waals surface area contributed by atoms with Crippen molar-refractivity contribution in [1.29, 1.82) is 0 Å². The molecule has 0 aliphatic heterocycles. The molecule has 0 heterocycles. The van der Waals surface area contributed by atoms with E-state index in [4.69, 9.17) is 14.2 Å². The minimum atomic E-state index is -1.14. The number of ether oxygens (including phenoxy) is 3. The van der Waals surface area contributed by atoms with Crippen LogP contribution in [-0.2, 0) is 28.6 Å².